The summed E-state index contributed by atoms with van der Waals surface area (Å²) in [5.74, 6) is -5.61. The second kappa shape index (κ2) is 20.6. The van der Waals surface area contributed by atoms with Gasteiger partial charge in [-0.15, -0.1) is 0 Å². The number of carbonyl (C=O) groups is 4. The number of halogens is 8. The fraction of sp³-hybridized carbons (Fsp3) is 0.457. The Kier molecular flexibility index (Phi) is 15.5. The molecule has 376 valence electrons. The first kappa shape index (κ1) is 52.5. The number of pyridine rings is 1. The molecular weight excluding hydrogens is 945 g/mol. The molecular formula is C46H48F8N8O8. The van der Waals surface area contributed by atoms with Gasteiger partial charge in [0.1, 0.15) is 47.0 Å². The zero-order valence-corrected chi connectivity index (χ0v) is 38.3. The first-order valence-corrected chi connectivity index (χ1v) is 21.6. The van der Waals surface area contributed by atoms with Crippen LogP contribution in [-0.4, -0.2) is 100 Å². The number of anilines is 2. The van der Waals surface area contributed by atoms with E-state index >= 15 is 8.78 Å². The van der Waals surface area contributed by atoms with Crippen LogP contribution in [0.5, 0.6) is 5.75 Å². The second-order valence-electron chi connectivity index (χ2n) is 18.1. The molecule has 24 heteroatoms. The van der Waals surface area contributed by atoms with Crippen LogP contribution in [0.1, 0.15) is 76.3 Å². The van der Waals surface area contributed by atoms with E-state index in [1.807, 2.05) is 0 Å². The number of hydrogen-bond donors (Lipinski definition) is 3. The van der Waals surface area contributed by atoms with Crippen LogP contribution < -0.4 is 25.2 Å². The molecule has 0 unspecified atom stereocenters. The molecule has 2 saturated heterocycles. The number of nitrogens with one attached hydrogen (secondary N) is 2. The van der Waals surface area contributed by atoms with Crippen molar-refractivity contribution in [2.75, 3.05) is 42.8 Å². The first-order chi connectivity index (χ1) is 32.7. The van der Waals surface area contributed by atoms with Crippen molar-refractivity contribution in [3.05, 3.63) is 89.3 Å². The second-order valence-corrected chi connectivity index (χ2v) is 18.1. The molecule has 0 saturated carbocycles. The zero-order valence-electron chi connectivity index (χ0n) is 38.3. The van der Waals surface area contributed by atoms with Crippen LogP contribution >= 0.6 is 0 Å². The number of unbranched alkanes of at least 4 members (excludes halogenated alkanes) is 1. The molecule has 4 heterocycles. The molecule has 70 heavy (non-hydrogen) atoms. The molecule has 0 spiro atoms. The number of amides is 4. The lowest BCUT2D eigenvalue weighted by Crippen LogP contribution is -2.58. The Bertz CT molecular complexity index is 2630. The first-order valence-electron chi connectivity index (χ1n) is 21.6. The summed E-state index contributed by atoms with van der Waals surface area (Å²) in [5.41, 5.74) is -9.00. The summed E-state index contributed by atoms with van der Waals surface area (Å²) < 4.78 is 132. The van der Waals surface area contributed by atoms with Gasteiger partial charge in [0.15, 0.2) is 18.0 Å². The van der Waals surface area contributed by atoms with E-state index in [1.54, 1.807) is 20.8 Å². The summed E-state index contributed by atoms with van der Waals surface area (Å²) >= 11 is 0. The molecule has 4 aromatic rings. The molecule has 3 atom stereocenters. The van der Waals surface area contributed by atoms with Crippen molar-refractivity contribution in [2.24, 2.45) is 5.41 Å². The molecule has 16 nitrogen and oxygen atoms in total. The number of β-amino-alcohol motifs (C(OH)–C–C–N with tert-alkyl or cyclic N) is 1. The number of carbonyl (C=O) groups excluding carboxylic acids is 4. The molecule has 2 aromatic carbocycles. The minimum atomic E-state index is -5.29. The number of hydrogen-bond acceptors (Lipinski definition) is 12. The van der Waals surface area contributed by atoms with E-state index in [9.17, 15) is 50.6 Å². The van der Waals surface area contributed by atoms with E-state index in [1.165, 1.54) is 48.4 Å². The highest BCUT2D eigenvalue weighted by molar-refractivity contribution is 6.05. The molecule has 2 fully saturated rings. The van der Waals surface area contributed by atoms with Gasteiger partial charge in [0, 0.05) is 31.2 Å². The summed E-state index contributed by atoms with van der Waals surface area (Å²) in [7, 11) is 0. The van der Waals surface area contributed by atoms with Crippen LogP contribution in [0.15, 0.2) is 59.6 Å². The minimum Gasteiger partial charge on any atom is -0.494 e. The highest BCUT2D eigenvalue weighted by Gasteiger charge is 2.49. The monoisotopic (exact) mass is 992 g/mol. The molecule has 0 aliphatic carbocycles. The maximum absolute atomic E-state index is 15.8. The Labute approximate surface area is 395 Å². The summed E-state index contributed by atoms with van der Waals surface area (Å²) in [6, 6.07) is 4.28. The molecule has 6 rings (SSSR count). The Morgan fingerprint density at radius 3 is 2.36 bits per heavy atom. The quantitative estimate of drug-likeness (QED) is 0.0814. The zero-order chi connectivity index (χ0) is 51.5. The number of benzene rings is 2. The number of aliphatic hydroxyl groups is 1. The highest BCUT2D eigenvalue weighted by Crippen LogP contribution is 2.43. The SMILES string of the molecule is CC(C)(C)[C@H](NC(=O)COCCCCOc1ccc(-c2ncc(N3CN(c4ccc(C#N)c(C(F)(F)F)c4F)C(=O)C3(C)C)cc2F)c(C(F)(F)F)c1)C(=O)N1C[C@H](O)C[C@H]1C(=O)NCc1cnco1. The van der Waals surface area contributed by atoms with Crippen LogP contribution in [0.3, 0.4) is 0 Å². The lowest BCUT2D eigenvalue weighted by molar-refractivity contribution is -0.144. The number of alkyl halides is 6. The van der Waals surface area contributed by atoms with Gasteiger partial charge in [0.05, 0.1) is 66.9 Å². The van der Waals surface area contributed by atoms with Gasteiger partial charge in [-0.25, -0.2) is 13.8 Å². The predicted molar refractivity (Wildman–Crippen MR) is 231 cm³/mol. The summed E-state index contributed by atoms with van der Waals surface area (Å²) in [6.07, 6.45) is -7.16. The van der Waals surface area contributed by atoms with Crippen molar-refractivity contribution in [1.82, 2.24) is 25.5 Å². The molecule has 2 aliphatic rings. The number of nitrogens with zero attached hydrogens (tertiary/aromatic N) is 6. The van der Waals surface area contributed by atoms with Gasteiger partial charge >= 0.3 is 12.4 Å². The van der Waals surface area contributed by atoms with Gasteiger partial charge in [-0.2, -0.15) is 31.6 Å². The highest BCUT2D eigenvalue weighted by atomic mass is 19.4. The lowest BCUT2D eigenvalue weighted by Gasteiger charge is -2.35. The van der Waals surface area contributed by atoms with Crippen LogP contribution in [0.25, 0.3) is 11.3 Å². The van der Waals surface area contributed by atoms with Gasteiger partial charge in [-0.3, -0.25) is 29.1 Å². The Morgan fingerprint density at radius 1 is 1.01 bits per heavy atom. The smallest absolute Gasteiger partial charge is 0.420 e. The third-order valence-electron chi connectivity index (χ3n) is 11.6. The molecule has 3 N–H and O–H groups in total. The van der Waals surface area contributed by atoms with Crippen LogP contribution in [-0.2, 0) is 42.8 Å². The van der Waals surface area contributed by atoms with E-state index < -0.39 is 124 Å². The van der Waals surface area contributed by atoms with E-state index in [-0.39, 0.29) is 50.6 Å². The number of likely N-dealkylation sites (tertiary alicyclic amines) is 1. The summed E-state index contributed by atoms with van der Waals surface area (Å²) in [6.45, 7) is 6.54. The van der Waals surface area contributed by atoms with Crippen LogP contribution in [0, 0.1) is 28.4 Å². The molecule has 4 amide bonds. The van der Waals surface area contributed by atoms with Crippen molar-refractivity contribution >= 4 is 35.0 Å². The van der Waals surface area contributed by atoms with Gasteiger partial charge in [0.2, 0.25) is 17.7 Å². The van der Waals surface area contributed by atoms with Crippen molar-refractivity contribution < 1.29 is 73.3 Å². The van der Waals surface area contributed by atoms with Crippen LogP contribution in [0.4, 0.5) is 46.5 Å². The van der Waals surface area contributed by atoms with Crippen molar-refractivity contribution in [3.8, 4) is 23.1 Å². The number of rotatable bonds is 16. The standard InChI is InChI=1S/C46H48F8N8O8/c1-43(2,3)39(41(66)60-21-27(63)15-34(60)40(65)58-20-29-19-56-23-70-29)59-35(64)22-68-12-6-7-13-69-28-9-10-30(31(16-28)45(49,50)51)38-32(47)14-26(18-57-38)62-24-61(42(67)44(62,4)5)33-11-8-25(17-55)36(37(33)48)46(52,53)54/h8-11,14,16,18-19,23,27,34,39,63H,6-7,12-13,15,20-22,24H2,1-5H3,(H,58,65)(H,59,64)/t27-,34+,39-/m1/s1. The molecule has 2 aromatic heterocycles. The number of nitriles is 1. The molecule has 0 radical (unpaired) electrons. The number of aliphatic hydroxyl groups excluding tert-OH is 1. The van der Waals surface area contributed by atoms with Gasteiger partial charge in [-0.1, -0.05) is 20.8 Å². The average Bonchev–Trinajstić information content (AvgIpc) is 4.01. The normalized spacial score (nSPS) is 17.7. The van der Waals surface area contributed by atoms with Gasteiger partial charge < -0.3 is 39.4 Å². The van der Waals surface area contributed by atoms with E-state index in [4.69, 9.17) is 19.2 Å². The number of aromatic nitrogens is 2. The fourth-order valence-corrected chi connectivity index (χ4v) is 8.00. The third kappa shape index (κ3) is 11.6. The predicted octanol–water partition coefficient (Wildman–Crippen LogP) is 6.50. The van der Waals surface area contributed by atoms with Gasteiger partial charge in [0.25, 0.3) is 5.91 Å². The topological polar surface area (TPSA) is 203 Å². The minimum absolute atomic E-state index is 0.0108. The fourth-order valence-electron chi connectivity index (χ4n) is 8.00. The van der Waals surface area contributed by atoms with Crippen molar-refractivity contribution in [3.63, 3.8) is 0 Å². The van der Waals surface area contributed by atoms with Crippen molar-refractivity contribution in [2.45, 2.75) is 96.5 Å². The lowest BCUT2D eigenvalue weighted by atomic mass is 9.85. The van der Waals surface area contributed by atoms with E-state index in [0.717, 1.165) is 24.4 Å². The molecule has 2 aliphatic heterocycles. The van der Waals surface area contributed by atoms with Gasteiger partial charge in [-0.05, 0) is 62.4 Å². The summed E-state index contributed by atoms with van der Waals surface area (Å²) in [4.78, 5) is 64.0. The van der Waals surface area contributed by atoms with Crippen molar-refractivity contribution in [1.29, 1.82) is 5.26 Å². The Hall–Kier alpha value is -6.87. The largest absolute Gasteiger partial charge is 0.494 e. The van der Waals surface area contributed by atoms with E-state index in [2.05, 4.69) is 20.6 Å². The molecule has 0 bridgehead atoms. The van der Waals surface area contributed by atoms with E-state index in [0.29, 0.717) is 29.2 Å². The van der Waals surface area contributed by atoms with Crippen LogP contribution in [0.2, 0.25) is 0 Å². The summed E-state index contributed by atoms with van der Waals surface area (Å²) in [5, 5.41) is 24.8. The maximum atomic E-state index is 15.8. The number of oxazole rings is 1. The Morgan fingerprint density at radius 2 is 1.73 bits per heavy atom. The number of ether oxygens (including phenoxy) is 2. The average molecular weight is 993 g/mol. The maximum Gasteiger partial charge on any atom is 0.420 e. The Balaban J connectivity index is 1.03. The third-order valence-corrected chi connectivity index (χ3v) is 11.6.